The van der Waals surface area contributed by atoms with Gasteiger partial charge in [0.15, 0.2) is 0 Å². The van der Waals surface area contributed by atoms with E-state index in [0.717, 1.165) is 38.5 Å². The second-order valence-electron chi connectivity index (χ2n) is 12.7. The van der Waals surface area contributed by atoms with Gasteiger partial charge in [0, 0.05) is 13.0 Å². The summed E-state index contributed by atoms with van der Waals surface area (Å²) in [5.41, 5.74) is -0.00495. The van der Waals surface area contributed by atoms with Gasteiger partial charge in [-0.1, -0.05) is 20.8 Å². The van der Waals surface area contributed by atoms with E-state index in [1.807, 2.05) is 0 Å². The number of fused-ring (bicyclic) bond motifs is 5. The molecule has 0 aromatic carbocycles. The molecule has 0 spiro atoms. The molecule has 0 aliphatic heterocycles. The fourth-order valence-electron chi connectivity index (χ4n) is 9.18. The third-order valence-corrected chi connectivity index (χ3v) is 11.7. The Morgan fingerprint density at radius 1 is 1.00 bits per heavy atom. The number of aliphatic hydroxyl groups is 3. The predicted molar refractivity (Wildman–Crippen MR) is 130 cm³/mol. The molecule has 4 fully saturated rings. The standard InChI is InChI=1S/C26H45NO7S.Na/c1-15(4-7-21(29)27-12-13-35(32,33)34)17-5-6-18-22-19(9-11-25(17,18)2)26(3)10-8-16(28)14-20(26)23(30)24(22)31;/h15-20,22-24,28,30-31H,4-14H2,1-3H3,(H,27,29)(H,32,33,34);/q;+1/p-1. The first-order chi connectivity index (χ1) is 16.3. The number of hydrogen-bond acceptors (Lipinski definition) is 7. The first-order valence-electron chi connectivity index (χ1n) is 13.5. The van der Waals surface area contributed by atoms with Gasteiger partial charge >= 0.3 is 29.6 Å². The van der Waals surface area contributed by atoms with Crippen LogP contribution in [0.2, 0.25) is 0 Å². The molecule has 4 aliphatic rings. The maximum absolute atomic E-state index is 12.2. The predicted octanol–water partition coefficient (Wildman–Crippen LogP) is -0.970. The van der Waals surface area contributed by atoms with Crippen LogP contribution >= 0.6 is 0 Å². The van der Waals surface area contributed by atoms with E-state index in [2.05, 4.69) is 26.1 Å². The van der Waals surface area contributed by atoms with Crippen LogP contribution in [0.25, 0.3) is 0 Å². The average molecular weight is 538 g/mol. The summed E-state index contributed by atoms with van der Waals surface area (Å²) >= 11 is 0. The Hall–Kier alpha value is 0.260. The quantitative estimate of drug-likeness (QED) is 0.241. The molecule has 4 saturated carbocycles. The van der Waals surface area contributed by atoms with Gasteiger partial charge in [0.2, 0.25) is 5.91 Å². The molecule has 11 atom stereocenters. The van der Waals surface area contributed by atoms with Crippen molar-refractivity contribution in [2.24, 2.45) is 46.3 Å². The zero-order valence-electron chi connectivity index (χ0n) is 22.4. The van der Waals surface area contributed by atoms with Crippen molar-refractivity contribution in [3.63, 3.8) is 0 Å². The van der Waals surface area contributed by atoms with Crippen LogP contribution < -0.4 is 34.9 Å². The molecule has 10 heteroatoms. The summed E-state index contributed by atoms with van der Waals surface area (Å²) in [6.45, 7) is 6.66. The van der Waals surface area contributed by atoms with Gasteiger partial charge in [-0.25, -0.2) is 8.42 Å². The van der Waals surface area contributed by atoms with E-state index in [1.54, 1.807) is 0 Å². The van der Waals surface area contributed by atoms with Crippen LogP contribution in [0, 0.1) is 46.3 Å². The van der Waals surface area contributed by atoms with E-state index in [4.69, 9.17) is 0 Å². The Balaban J connectivity index is 0.00000361. The maximum Gasteiger partial charge on any atom is 1.00 e. The molecule has 36 heavy (non-hydrogen) atoms. The summed E-state index contributed by atoms with van der Waals surface area (Å²) < 4.78 is 32.2. The van der Waals surface area contributed by atoms with Gasteiger partial charge in [-0.2, -0.15) is 0 Å². The van der Waals surface area contributed by atoms with E-state index >= 15 is 0 Å². The number of hydrogen-bond donors (Lipinski definition) is 4. The Morgan fingerprint density at radius 3 is 2.31 bits per heavy atom. The molecule has 0 saturated heterocycles. The first kappa shape index (κ1) is 30.8. The van der Waals surface area contributed by atoms with Gasteiger partial charge in [-0.05, 0) is 97.7 Å². The zero-order valence-corrected chi connectivity index (χ0v) is 25.2. The Bertz CT molecular complexity index is 903. The van der Waals surface area contributed by atoms with Crippen LogP contribution in [0.15, 0.2) is 0 Å². The van der Waals surface area contributed by atoms with Crippen LogP contribution in [0.5, 0.6) is 0 Å². The Kier molecular flexibility index (Phi) is 9.75. The molecule has 0 bridgehead atoms. The Labute approximate surface area is 238 Å². The number of aliphatic hydroxyl groups excluding tert-OH is 3. The molecule has 0 aromatic rings. The number of rotatable bonds is 7. The summed E-state index contributed by atoms with van der Waals surface area (Å²) in [6, 6.07) is 0. The van der Waals surface area contributed by atoms with E-state index in [1.165, 1.54) is 0 Å². The summed E-state index contributed by atoms with van der Waals surface area (Å²) in [4.78, 5) is 12.2. The summed E-state index contributed by atoms with van der Waals surface area (Å²) in [5, 5.41) is 35.3. The van der Waals surface area contributed by atoms with Crippen molar-refractivity contribution >= 4 is 16.0 Å². The molecule has 0 radical (unpaired) electrons. The minimum atomic E-state index is -4.33. The normalized spacial score (nSPS) is 45.0. The van der Waals surface area contributed by atoms with Crippen LogP contribution in [-0.4, -0.2) is 64.8 Å². The number of carbonyl (C=O) groups is 1. The van der Waals surface area contributed by atoms with Crippen molar-refractivity contribution in [3.8, 4) is 0 Å². The minimum Gasteiger partial charge on any atom is -0.748 e. The van der Waals surface area contributed by atoms with E-state index < -0.39 is 28.1 Å². The largest absolute Gasteiger partial charge is 1.00 e. The monoisotopic (exact) mass is 537 g/mol. The van der Waals surface area contributed by atoms with Crippen molar-refractivity contribution in [2.75, 3.05) is 12.3 Å². The molecule has 4 N–H and O–H groups in total. The molecule has 1 amide bonds. The fraction of sp³-hybridized carbons (Fsp3) is 0.962. The summed E-state index contributed by atoms with van der Waals surface area (Å²) in [6.07, 6.45) is 5.46. The van der Waals surface area contributed by atoms with Gasteiger partial charge in [0.25, 0.3) is 0 Å². The minimum absolute atomic E-state index is 0. The molecular weight excluding hydrogens is 493 g/mol. The van der Waals surface area contributed by atoms with Crippen LogP contribution in [0.3, 0.4) is 0 Å². The van der Waals surface area contributed by atoms with Gasteiger partial charge in [0.1, 0.15) is 0 Å². The van der Waals surface area contributed by atoms with Crippen molar-refractivity contribution in [1.29, 1.82) is 0 Å². The van der Waals surface area contributed by atoms with Gasteiger partial charge in [0.05, 0.1) is 34.2 Å². The van der Waals surface area contributed by atoms with Crippen molar-refractivity contribution in [2.45, 2.75) is 96.9 Å². The summed E-state index contributed by atoms with van der Waals surface area (Å²) in [7, 11) is -4.33. The molecule has 11 unspecified atom stereocenters. The zero-order chi connectivity index (χ0) is 25.8. The van der Waals surface area contributed by atoms with Crippen molar-refractivity contribution in [3.05, 3.63) is 0 Å². The topological polar surface area (TPSA) is 147 Å². The number of amides is 1. The Morgan fingerprint density at radius 2 is 1.64 bits per heavy atom. The smallest absolute Gasteiger partial charge is 0.748 e. The molecular formula is C26H44NNaO7S. The number of carbonyl (C=O) groups excluding carboxylic acids is 1. The third-order valence-electron chi connectivity index (χ3n) is 11.0. The fourth-order valence-corrected chi connectivity index (χ4v) is 9.53. The molecule has 0 aromatic heterocycles. The maximum atomic E-state index is 12.2. The van der Waals surface area contributed by atoms with Crippen molar-refractivity contribution < 1.29 is 62.6 Å². The van der Waals surface area contributed by atoms with Gasteiger partial charge in [-0.15, -0.1) is 0 Å². The molecule has 4 aliphatic carbocycles. The first-order valence-corrected chi connectivity index (χ1v) is 15.1. The second-order valence-corrected chi connectivity index (χ2v) is 14.2. The van der Waals surface area contributed by atoms with Crippen LogP contribution in [0.4, 0.5) is 0 Å². The van der Waals surface area contributed by atoms with Crippen LogP contribution in [-0.2, 0) is 14.9 Å². The second kappa shape index (κ2) is 11.4. The third kappa shape index (κ3) is 5.74. The van der Waals surface area contributed by atoms with E-state index in [0.29, 0.717) is 42.9 Å². The van der Waals surface area contributed by atoms with Gasteiger partial charge in [-0.3, -0.25) is 4.79 Å². The molecule has 4 rings (SSSR count). The van der Waals surface area contributed by atoms with Crippen LogP contribution in [0.1, 0.15) is 78.6 Å². The molecule has 202 valence electrons. The summed E-state index contributed by atoms with van der Waals surface area (Å²) in [5.74, 6) is 0.598. The SMILES string of the molecule is CC(CCC(=O)NCCS(=O)(=O)[O-])C1CCC2C3C(O)C(O)C4CC(O)CCC4(C)C3CCC12C.[Na+]. The number of nitrogens with one attached hydrogen (secondary N) is 1. The molecule has 0 heterocycles. The van der Waals surface area contributed by atoms with Gasteiger partial charge < -0.3 is 25.2 Å². The van der Waals surface area contributed by atoms with E-state index in [9.17, 15) is 33.1 Å². The average Bonchev–Trinajstić information content (AvgIpc) is 3.13. The van der Waals surface area contributed by atoms with Crippen molar-refractivity contribution in [1.82, 2.24) is 5.32 Å². The molecule has 8 nitrogen and oxygen atoms in total. The van der Waals surface area contributed by atoms with E-state index in [-0.39, 0.29) is 70.8 Å².